The molecule has 114 valence electrons. The van der Waals surface area contributed by atoms with E-state index in [1.54, 1.807) is 11.8 Å². The zero-order valence-corrected chi connectivity index (χ0v) is 12.6. The van der Waals surface area contributed by atoms with Crippen LogP contribution in [-0.4, -0.2) is 48.0 Å². The van der Waals surface area contributed by atoms with Crippen LogP contribution in [0.15, 0.2) is 0 Å². The van der Waals surface area contributed by atoms with Crippen molar-refractivity contribution >= 4 is 29.5 Å². The van der Waals surface area contributed by atoms with Crippen LogP contribution in [0, 0.1) is 5.92 Å². The van der Waals surface area contributed by atoms with Gasteiger partial charge in [-0.05, 0) is 12.3 Å². The highest BCUT2D eigenvalue weighted by Gasteiger charge is 2.28. The summed E-state index contributed by atoms with van der Waals surface area (Å²) < 4.78 is 0. The normalized spacial score (nSPS) is 19.6. The fourth-order valence-electron chi connectivity index (χ4n) is 1.84. The quantitative estimate of drug-likeness (QED) is 0.471. The van der Waals surface area contributed by atoms with Crippen molar-refractivity contribution in [3.8, 4) is 0 Å². The average Bonchev–Trinajstić information content (AvgIpc) is 2.88. The van der Waals surface area contributed by atoms with Crippen LogP contribution in [0.2, 0.25) is 0 Å². The Labute approximate surface area is 122 Å². The van der Waals surface area contributed by atoms with E-state index in [0.717, 1.165) is 5.88 Å². The standard InChI is InChI=1S/C12H22N4O3S/c1-7(2)3-8(11(18)14-4-10(13)17)16-12(19)9-5-20-6-15-9/h7-9,15H,3-6H2,1-2H3,(H2,13,17)(H,14,18)(H,16,19)/t8-,9-/m0/s1. The van der Waals surface area contributed by atoms with Gasteiger partial charge >= 0.3 is 0 Å². The van der Waals surface area contributed by atoms with Crippen LogP contribution in [-0.2, 0) is 14.4 Å². The van der Waals surface area contributed by atoms with Crippen molar-refractivity contribution in [1.82, 2.24) is 16.0 Å². The number of nitrogens with one attached hydrogen (secondary N) is 3. The Bertz CT molecular complexity index is 370. The fourth-order valence-corrected chi connectivity index (χ4v) is 2.78. The van der Waals surface area contributed by atoms with Gasteiger partial charge in [-0.2, -0.15) is 0 Å². The zero-order valence-electron chi connectivity index (χ0n) is 11.8. The van der Waals surface area contributed by atoms with E-state index < -0.39 is 11.9 Å². The maximum atomic E-state index is 12.0. The summed E-state index contributed by atoms with van der Waals surface area (Å²) in [5, 5.41) is 8.21. The molecular formula is C12H22N4O3S. The second-order valence-electron chi connectivity index (χ2n) is 5.15. The van der Waals surface area contributed by atoms with E-state index in [-0.39, 0.29) is 30.3 Å². The highest BCUT2D eigenvalue weighted by Crippen LogP contribution is 2.11. The number of primary amides is 1. The van der Waals surface area contributed by atoms with E-state index >= 15 is 0 Å². The highest BCUT2D eigenvalue weighted by molar-refractivity contribution is 7.99. The molecule has 0 saturated carbocycles. The Morgan fingerprint density at radius 1 is 1.40 bits per heavy atom. The van der Waals surface area contributed by atoms with Gasteiger partial charge in [0.25, 0.3) is 0 Å². The molecule has 1 aliphatic heterocycles. The number of rotatable bonds is 7. The Balaban J connectivity index is 2.55. The smallest absolute Gasteiger partial charge is 0.243 e. The lowest BCUT2D eigenvalue weighted by atomic mass is 10.0. The van der Waals surface area contributed by atoms with Crippen molar-refractivity contribution in [1.29, 1.82) is 0 Å². The molecule has 5 N–H and O–H groups in total. The van der Waals surface area contributed by atoms with Gasteiger partial charge in [0.15, 0.2) is 0 Å². The van der Waals surface area contributed by atoms with E-state index in [2.05, 4.69) is 16.0 Å². The molecule has 0 unspecified atom stereocenters. The summed E-state index contributed by atoms with van der Waals surface area (Å²) in [4.78, 5) is 34.7. The van der Waals surface area contributed by atoms with Gasteiger partial charge in [0.1, 0.15) is 6.04 Å². The average molecular weight is 302 g/mol. The zero-order chi connectivity index (χ0) is 15.1. The minimum atomic E-state index is -0.644. The molecule has 0 aromatic heterocycles. The molecule has 0 radical (unpaired) electrons. The van der Waals surface area contributed by atoms with Crippen molar-refractivity contribution in [2.24, 2.45) is 11.7 Å². The number of hydrogen-bond acceptors (Lipinski definition) is 5. The summed E-state index contributed by atoms with van der Waals surface area (Å²) in [5.74, 6) is 0.503. The SMILES string of the molecule is CC(C)C[C@H](NC(=O)[C@@H]1CSCN1)C(=O)NCC(N)=O. The first-order valence-electron chi connectivity index (χ1n) is 6.57. The minimum Gasteiger partial charge on any atom is -0.368 e. The van der Waals surface area contributed by atoms with Gasteiger partial charge in [0.05, 0.1) is 12.6 Å². The third-order valence-electron chi connectivity index (χ3n) is 2.81. The molecule has 2 atom stereocenters. The molecule has 8 heteroatoms. The van der Waals surface area contributed by atoms with Gasteiger partial charge in [-0.25, -0.2) is 0 Å². The molecule has 0 bridgehead atoms. The Kier molecular flexibility index (Phi) is 6.80. The fraction of sp³-hybridized carbons (Fsp3) is 0.750. The van der Waals surface area contributed by atoms with E-state index in [9.17, 15) is 14.4 Å². The molecular weight excluding hydrogens is 280 g/mol. The molecule has 20 heavy (non-hydrogen) atoms. The molecule has 0 aliphatic carbocycles. The first-order chi connectivity index (χ1) is 9.40. The molecule has 3 amide bonds. The molecule has 1 heterocycles. The lowest BCUT2D eigenvalue weighted by Gasteiger charge is -2.21. The minimum absolute atomic E-state index is 0.185. The van der Waals surface area contributed by atoms with Crippen molar-refractivity contribution in [2.75, 3.05) is 18.2 Å². The molecule has 1 fully saturated rings. The molecule has 1 rings (SSSR count). The predicted molar refractivity (Wildman–Crippen MR) is 77.8 cm³/mol. The van der Waals surface area contributed by atoms with Gasteiger partial charge in [0.2, 0.25) is 17.7 Å². The van der Waals surface area contributed by atoms with Crippen molar-refractivity contribution < 1.29 is 14.4 Å². The molecule has 0 spiro atoms. The maximum absolute atomic E-state index is 12.0. The van der Waals surface area contributed by atoms with Crippen molar-refractivity contribution in [3.63, 3.8) is 0 Å². The number of thioether (sulfide) groups is 1. The Morgan fingerprint density at radius 3 is 2.60 bits per heavy atom. The second-order valence-corrected chi connectivity index (χ2v) is 6.18. The number of carbonyl (C=O) groups is 3. The van der Waals surface area contributed by atoms with Gasteiger partial charge in [-0.1, -0.05) is 13.8 Å². The molecule has 0 aromatic carbocycles. The monoisotopic (exact) mass is 302 g/mol. The van der Waals surface area contributed by atoms with E-state index in [4.69, 9.17) is 5.73 Å². The summed E-state index contributed by atoms with van der Waals surface area (Å²) in [6, 6.07) is -0.909. The van der Waals surface area contributed by atoms with Crippen LogP contribution in [0.4, 0.5) is 0 Å². The number of hydrogen-bond donors (Lipinski definition) is 4. The molecule has 7 nitrogen and oxygen atoms in total. The van der Waals surface area contributed by atoms with Crippen LogP contribution in [0.5, 0.6) is 0 Å². The summed E-state index contributed by atoms with van der Waals surface area (Å²) in [7, 11) is 0. The lowest BCUT2D eigenvalue weighted by Crippen LogP contribution is -2.53. The summed E-state index contributed by atoms with van der Waals surface area (Å²) in [6.07, 6.45) is 0.510. The Hall–Kier alpha value is -1.28. The van der Waals surface area contributed by atoms with Crippen LogP contribution in [0.1, 0.15) is 20.3 Å². The molecule has 0 aromatic rings. The second kappa shape index (κ2) is 8.11. The first kappa shape index (κ1) is 16.8. The third-order valence-corrected chi connectivity index (χ3v) is 3.75. The van der Waals surface area contributed by atoms with Gasteiger partial charge < -0.3 is 16.4 Å². The summed E-state index contributed by atoms with van der Waals surface area (Å²) >= 11 is 1.64. The van der Waals surface area contributed by atoms with Crippen LogP contribution >= 0.6 is 11.8 Å². The number of nitrogens with two attached hydrogens (primary N) is 1. The largest absolute Gasteiger partial charge is 0.368 e. The lowest BCUT2D eigenvalue weighted by molar-refractivity contribution is -0.130. The van der Waals surface area contributed by atoms with E-state index in [1.807, 2.05) is 13.8 Å². The summed E-state index contributed by atoms with van der Waals surface area (Å²) in [5.41, 5.74) is 4.99. The number of carbonyl (C=O) groups excluding carboxylic acids is 3. The number of amides is 3. The maximum Gasteiger partial charge on any atom is 0.243 e. The van der Waals surface area contributed by atoms with Crippen LogP contribution in [0.25, 0.3) is 0 Å². The predicted octanol–water partition coefficient (Wildman–Crippen LogP) is -1.22. The summed E-state index contributed by atoms with van der Waals surface area (Å²) in [6.45, 7) is 3.70. The van der Waals surface area contributed by atoms with Crippen molar-refractivity contribution in [2.45, 2.75) is 32.4 Å². The topological polar surface area (TPSA) is 113 Å². The molecule has 1 saturated heterocycles. The van der Waals surface area contributed by atoms with E-state index in [0.29, 0.717) is 12.2 Å². The third kappa shape index (κ3) is 5.79. The van der Waals surface area contributed by atoms with Gasteiger partial charge in [0, 0.05) is 11.6 Å². The van der Waals surface area contributed by atoms with Gasteiger partial charge in [-0.3, -0.25) is 19.7 Å². The van der Waals surface area contributed by atoms with Gasteiger partial charge in [-0.15, -0.1) is 11.8 Å². The molecule has 1 aliphatic rings. The first-order valence-corrected chi connectivity index (χ1v) is 7.73. The van der Waals surface area contributed by atoms with Crippen LogP contribution in [0.3, 0.4) is 0 Å². The van der Waals surface area contributed by atoms with Crippen LogP contribution < -0.4 is 21.7 Å². The van der Waals surface area contributed by atoms with E-state index in [1.165, 1.54) is 0 Å². The van der Waals surface area contributed by atoms with Crippen molar-refractivity contribution in [3.05, 3.63) is 0 Å². The highest BCUT2D eigenvalue weighted by atomic mass is 32.2. The Morgan fingerprint density at radius 2 is 2.10 bits per heavy atom.